The number of rotatable bonds is 2. The van der Waals surface area contributed by atoms with Gasteiger partial charge in [0.1, 0.15) is 5.82 Å². The van der Waals surface area contributed by atoms with Gasteiger partial charge in [0.15, 0.2) is 0 Å². The Morgan fingerprint density at radius 3 is 3.07 bits per heavy atom. The topological polar surface area (TPSA) is 55.1 Å². The van der Waals surface area contributed by atoms with Crippen LogP contribution in [-0.4, -0.2) is 20.6 Å². The Hall–Kier alpha value is -1.32. The predicted octanol–water partition coefficient (Wildman–Crippen LogP) is 1.41. The van der Waals surface area contributed by atoms with Gasteiger partial charge in [-0.15, -0.1) is 0 Å². The van der Waals surface area contributed by atoms with Crippen LogP contribution in [0.5, 0.6) is 0 Å². The van der Waals surface area contributed by atoms with Crippen LogP contribution in [0.3, 0.4) is 0 Å². The lowest BCUT2D eigenvalue weighted by Crippen LogP contribution is -2.09. The van der Waals surface area contributed by atoms with Crippen molar-refractivity contribution in [2.24, 2.45) is 0 Å². The summed E-state index contributed by atoms with van der Waals surface area (Å²) in [6.07, 6.45) is 5.20. The largest absolute Gasteiger partial charge is 0.481 e. The molecule has 1 unspecified atom stereocenters. The number of carboxylic acids is 1. The van der Waals surface area contributed by atoms with E-state index in [4.69, 9.17) is 5.11 Å². The average Bonchev–Trinajstić information content (AvgIpc) is 2.59. The molecule has 1 aliphatic rings. The summed E-state index contributed by atoms with van der Waals surface area (Å²) >= 11 is 0. The number of hydrogen-bond acceptors (Lipinski definition) is 2. The molecule has 0 bridgehead atoms. The highest BCUT2D eigenvalue weighted by Crippen LogP contribution is 2.19. The molecule has 1 N–H and O–H groups in total. The fourth-order valence-electron chi connectivity index (χ4n) is 1.77. The molecule has 14 heavy (non-hydrogen) atoms. The highest BCUT2D eigenvalue weighted by Gasteiger charge is 2.20. The molecule has 4 nitrogen and oxygen atoms in total. The molecule has 1 aliphatic heterocycles. The third-order valence-electron chi connectivity index (χ3n) is 2.74. The zero-order valence-electron chi connectivity index (χ0n) is 8.23. The molecule has 0 radical (unpaired) electrons. The molecule has 1 aromatic heterocycles. The molecule has 0 aromatic carbocycles. The SMILES string of the molecule is CC(C(=O)O)c1cn2c(n1)CCCC2. The van der Waals surface area contributed by atoms with Gasteiger partial charge >= 0.3 is 5.97 Å². The van der Waals surface area contributed by atoms with Gasteiger partial charge in [0.2, 0.25) is 0 Å². The van der Waals surface area contributed by atoms with E-state index in [9.17, 15) is 4.79 Å². The summed E-state index contributed by atoms with van der Waals surface area (Å²) in [5.41, 5.74) is 0.689. The van der Waals surface area contributed by atoms with Crippen molar-refractivity contribution in [3.8, 4) is 0 Å². The lowest BCUT2D eigenvalue weighted by Gasteiger charge is -2.11. The minimum absolute atomic E-state index is 0.493. The van der Waals surface area contributed by atoms with E-state index in [-0.39, 0.29) is 0 Å². The van der Waals surface area contributed by atoms with E-state index in [1.807, 2.05) is 6.20 Å². The van der Waals surface area contributed by atoms with E-state index in [1.165, 1.54) is 6.42 Å². The molecule has 2 heterocycles. The van der Waals surface area contributed by atoms with Gasteiger partial charge < -0.3 is 9.67 Å². The second-order valence-electron chi connectivity index (χ2n) is 3.79. The fourth-order valence-corrected chi connectivity index (χ4v) is 1.77. The van der Waals surface area contributed by atoms with Crippen LogP contribution in [-0.2, 0) is 17.8 Å². The van der Waals surface area contributed by atoms with E-state index in [0.29, 0.717) is 5.69 Å². The van der Waals surface area contributed by atoms with Crippen molar-refractivity contribution < 1.29 is 9.90 Å². The second kappa shape index (κ2) is 3.44. The molecule has 0 aliphatic carbocycles. The predicted molar refractivity (Wildman–Crippen MR) is 51.2 cm³/mol. The van der Waals surface area contributed by atoms with Crippen LogP contribution in [0.2, 0.25) is 0 Å². The molecule has 1 aromatic rings. The first-order chi connectivity index (χ1) is 6.68. The van der Waals surface area contributed by atoms with Crippen LogP contribution in [0.25, 0.3) is 0 Å². The maximum absolute atomic E-state index is 10.8. The lowest BCUT2D eigenvalue weighted by molar-refractivity contribution is -0.138. The van der Waals surface area contributed by atoms with Gasteiger partial charge in [0, 0.05) is 19.2 Å². The minimum Gasteiger partial charge on any atom is -0.481 e. The monoisotopic (exact) mass is 194 g/mol. The van der Waals surface area contributed by atoms with Gasteiger partial charge in [-0.2, -0.15) is 0 Å². The van der Waals surface area contributed by atoms with Crippen molar-refractivity contribution in [2.75, 3.05) is 0 Å². The molecule has 0 saturated heterocycles. The number of aliphatic carboxylic acids is 1. The molecular weight excluding hydrogens is 180 g/mol. The molecule has 1 atom stereocenters. The van der Waals surface area contributed by atoms with Crippen molar-refractivity contribution >= 4 is 5.97 Å². The standard InChI is InChI=1S/C10H14N2O2/c1-7(10(13)14)8-6-12-5-3-2-4-9(12)11-8/h6-7H,2-5H2,1H3,(H,13,14). The number of aromatic nitrogens is 2. The summed E-state index contributed by atoms with van der Waals surface area (Å²) in [4.78, 5) is 15.1. The molecule has 0 saturated carbocycles. The van der Waals surface area contributed by atoms with E-state index in [2.05, 4.69) is 9.55 Å². The summed E-state index contributed by atoms with van der Waals surface area (Å²) in [5, 5.41) is 8.85. The maximum Gasteiger partial charge on any atom is 0.312 e. The molecule has 0 fully saturated rings. The number of fused-ring (bicyclic) bond motifs is 1. The Kier molecular flexibility index (Phi) is 2.27. The fraction of sp³-hybridized carbons (Fsp3) is 0.600. The summed E-state index contributed by atoms with van der Waals surface area (Å²) in [5.74, 6) is -0.257. The summed E-state index contributed by atoms with van der Waals surface area (Å²) in [7, 11) is 0. The Labute approximate surface area is 82.6 Å². The van der Waals surface area contributed by atoms with Gasteiger partial charge in [-0.3, -0.25) is 4.79 Å². The number of carboxylic acid groups (broad SMARTS) is 1. The molecule has 76 valence electrons. The number of aryl methyl sites for hydroxylation is 2. The number of nitrogens with zero attached hydrogens (tertiary/aromatic N) is 2. The van der Waals surface area contributed by atoms with E-state index in [0.717, 1.165) is 25.2 Å². The first-order valence-corrected chi connectivity index (χ1v) is 4.97. The van der Waals surface area contributed by atoms with Gasteiger partial charge in [0.25, 0.3) is 0 Å². The van der Waals surface area contributed by atoms with Crippen molar-refractivity contribution in [3.63, 3.8) is 0 Å². The third-order valence-corrected chi connectivity index (χ3v) is 2.74. The van der Waals surface area contributed by atoms with E-state index < -0.39 is 11.9 Å². The van der Waals surface area contributed by atoms with Crippen LogP contribution >= 0.6 is 0 Å². The minimum atomic E-state index is -0.805. The molecule has 4 heteroatoms. The quantitative estimate of drug-likeness (QED) is 0.774. The smallest absolute Gasteiger partial charge is 0.312 e. The number of carbonyl (C=O) groups is 1. The second-order valence-corrected chi connectivity index (χ2v) is 3.79. The molecule has 0 spiro atoms. The van der Waals surface area contributed by atoms with Crippen molar-refractivity contribution in [1.29, 1.82) is 0 Å². The first kappa shape index (κ1) is 9.24. The van der Waals surface area contributed by atoms with Crippen LogP contribution in [0.15, 0.2) is 6.20 Å². The Morgan fingerprint density at radius 1 is 1.64 bits per heavy atom. The molecule has 0 amide bonds. The highest BCUT2D eigenvalue weighted by molar-refractivity contribution is 5.74. The van der Waals surface area contributed by atoms with Crippen LogP contribution in [0.1, 0.15) is 37.2 Å². The summed E-state index contributed by atoms with van der Waals surface area (Å²) < 4.78 is 2.08. The average molecular weight is 194 g/mol. The van der Waals surface area contributed by atoms with Gasteiger partial charge in [0.05, 0.1) is 11.6 Å². The Balaban J connectivity index is 2.28. The van der Waals surface area contributed by atoms with Gasteiger partial charge in [-0.1, -0.05) is 0 Å². The highest BCUT2D eigenvalue weighted by atomic mass is 16.4. The normalized spacial score (nSPS) is 17.5. The van der Waals surface area contributed by atoms with Gasteiger partial charge in [-0.05, 0) is 19.8 Å². The first-order valence-electron chi connectivity index (χ1n) is 4.97. The molecular formula is C10H14N2O2. The Bertz CT molecular complexity index is 334. The number of hydrogen-bond donors (Lipinski definition) is 1. The van der Waals surface area contributed by atoms with E-state index >= 15 is 0 Å². The van der Waals surface area contributed by atoms with Crippen LogP contribution in [0.4, 0.5) is 0 Å². The zero-order valence-corrected chi connectivity index (χ0v) is 8.23. The third kappa shape index (κ3) is 1.52. The lowest BCUT2D eigenvalue weighted by atomic mass is 10.1. The maximum atomic E-state index is 10.8. The van der Waals surface area contributed by atoms with Crippen molar-refractivity contribution in [3.05, 3.63) is 17.7 Å². The summed E-state index contributed by atoms with van der Waals surface area (Å²) in [6.45, 7) is 2.66. The summed E-state index contributed by atoms with van der Waals surface area (Å²) in [6, 6.07) is 0. The van der Waals surface area contributed by atoms with Crippen LogP contribution < -0.4 is 0 Å². The van der Waals surface area contributed by atoms with Crippen molar-refractivity contribution in [2.45, 2.75) is 38.6 Å². The zero-order chi connectivity index (χ0) is 10.1. The molecule has 2 rings (SSSR count). The van der Waals surface area contributed by atoms with E-state index in [1.54, 1.807) is 6.92 Å². The number of imidazole rings is 1. The van der Waals surface area contributed by atoms with Crippen LogP contribution in [0, 0.1) is 0 Å². The van der Waals surface area contributed by atoms with Crippen molar-refractivity contribution in [1.82, 2.24) is 9.55 Å². The van der Waals surface area contributed by atoms with Gasteiger partial charge in [-0.25, -0.2) is 4.98 Å². The Morgan fingerprint density at radius 2 is 2.43 bits per heavy atom.